The first-order chi connectivity index (χ1) is 12.8. The lowest BCUT2D eigenvalue weighted by atomic mass is 10.2. The van der Waals surface area contributed by atoms with E-state index < -0.39 is 12.7 Å². The van der Waals surface area contributed by atoms with Crippen LogP contribution in [0.25, 0.3) is 0 Å². The molecule has 0 fully saturated rings. The van der Waals surface area contributed by atoms with Gasteiger partial charge in [-0.2, -0.15) is 13.2 Å². The summed E-state index contributed by atoms with van der Waals surface area (Å²) in [6.07, 6.45) is -3.55. The van der Waals surface area contributed by atoms with Crippen molar-refractivity contribution >= 4 is 29.9 Å². The second-order valence-corrected chi connectivity index (χ2v) is 6.69. The average Bonchev–Trinajstić information content (AvgIpc) is 2.60. The highest BCUT2D eigenvalue weighted by atomic mass is 127. The zero-order valence-electron chi connectivity index (χ0n) is 16.8. The third-order valence-electron chi connectivity index (χ3n) is 3.81. The second kappa shape index (κ2) is 14.9. The Morgan fingerprint density at radius 2 is 1.89 bits per heavy atom. The lowest BCUT2D eigenvalue weighted by Gasteiger charge is -2.19. The van der Waals surface area contributed by atoms with Crippen LogP contribution in [0.3, 0.4) is 0 Å². The Labute approximate surface area is 183 Å². The molecular formula is C19H32F3IN4O. The van der Waals surface area contributed by atoms with E-state index in [0.717, 1.165) is 5.56 Å². The van der Waals surface area contributed by atoms with Crippen LogP contribution in [-0.2, 0) is 11.3 Å². The molecule has 0 aliphatic rings. The van der Waals surface area contributed by atoms with Crippen molar-refractivity contribution < 1.29 is 17.9 Å². The predicted molar refractivity (Wildman–Crippen MR) is 118 cm³/mol. The molecule has 5 nitrogen and oxygen atoms in total. The first-order valence-corrected chi connectivity index (χ1v) is 9.11. The number of aliphatic imine (C=N–C) groups is 1. The fourth-order valence-corrected chi connectivity index (χ4v) is 2.44. The van der Waals surface area contributed by atoms with Crippen LogP contribution in [0, 0.1) is 5.92 Å². The smallest absolute Gasteiger partial charge is 0.376 e. The number of halogens is 4. The van der Waals surface area contributed by atoms with Crippen LogP contribution in [0.2, 0.25) is 0 Å². The van der Waals surface area contributed by atoms with Crippen LogP contribution in [0.15, 0.2) is 35.3 Å². The van der Waals surface area contributed by atoms with Crippen LogP contribution in [0.1, 0.15) is 18.9 Å². The van der Waals surface area contributed by atoms with Gasteiger partial charge >= 0.3 is 6.18 Å². The summed E-state index contributed by atoms with van der Waals surface area (Å²) in [5, 5.41) is 6.32. The maximum Gasteiger partial charge on any atom is 0.401 e. The zero-order valence-corrected chi connectivity index (χ0v) is 19.1. The third-order valence-corrected chi connectivity index (χ3v) is 3.81. The van der Waals surface area contributed by atoms with E-state index in [2.05, 4.69) is 22.5 Å². The van der Waals surface area contributed by atoms with Gasteiger partial charge in [-0.25, -0.2) is 0 Å². The predicted octanol–water partition coefficient (Wildman–Crippen LogP) is 3.51. The maximum absolute atomic E-state index is 12.3. The highest BCUT2D eigenvalue weighted by Gasteiger charge is 2.28. The monoisotopic (exact) mass is 516 g/mol. The van der Waals surface area contributed by atoms with Gasteiger partial charge < -0.3 is 15.4 Å². The molecule has 0 aliphatic carbocycles. The van der Waals surface area contributed by atoms with Crippen molar-refractivity contribution in [3.63, 3.8) is 0 Å². The van der Waals surface area contributed by atoms with Gasteiger partial charge in [-0.1, -0.05) is 37.3 Å². The van der Waals surface area contributed by atoms with Gasteiger partial charge in [0.15, 0.2) is 5.96 Å². The molecule has 0 aromatic heterocycles. The summed E-state index contributed by atoms with van der Waals surface area (Å²) in [6, 6.07) is 10.0. The summed E-state index contributed by atoms with van der Waals surface area (Å²) in [7, 11) is 3.14. The fourth-order valence-electron chi connectivity index (χ4n) is 2.44. The molecule has 0 radical (unpaired) electrons. The Bertz CT molecular complexity index is 544. The Kier molecular flexibility index (Phi) is 14.3. The highest BCUT2D eigenvalue weighted by molar-refractivity contribution is 14.0. The van der Waals surface area contributed by atoms with E-state index in [1.165, 1.54) is 11.9 Å². The van der Waals surface area contributed by atoms with E-state index in [1.807, 2.05) is 30.3 Å². The normalized spacial score (nSPS) is 13.2. The molecule has 9 heteroatoms. The molecule has 0 saturated carbocycles. The first kappa shape index (κ1) is 26.9. The zero-order chi connectivity index (χ0) is 20.1. The molecule has 0 aliphatic heterocycles. The number of alkyl halides is 3. The van der Waals surface area contributed by atoms with Crippen molar-refractivity contribution in [2.45, 2.75) is 26.1 Å². The van der Waals surface area contributed by atoms with E-state index in [9.17, 15) is 13.2 Å². The van der Waals surface area contributed by atoms with Crippen LogP contribution in [-0.4, -0.2) is 63.9 Å². The molecule has 1 rings (SSSR count). The number of hydrogen-bond acceptors (Lipinski definition) is 3. The number of hydrogen-bond donors (Lipinski definition) is 2. The Hall–Kier alpha value is -1.07. The summed E-state index contributed by atoms with van der Waals surface area (Å²) >= 11 is 0. The second-order valence-electron chi connectivity index (χ2n) is 6.69. The molecule has 28 heavy (non-hydrogen) atoms. The molecule has 0 saturated heterocycles. The van der Waals surface area contributed by atoms with Crippen LogP contribution < -0.4 is 10.6 Å². The number of benzene rings is 1. The van der Waals surface area contributed by atoms with Gasteiger partial charge in [0.2, 0.25) is 0 Å². The SMILES string of the molecule is CN=C(NCCCN(C)CC(F)(F)F)NCC(C)COCc1ccccc1.I. The van der Waals surface area contributed by atoms with Gasteiger partial charge in [-0.05, 0) is 31.5 Å². The summed E-state index contributed by atoms with van der Waals surface area (Å²) in [6.45, 7) is 4.03. The lowest BCUT2D eigenvalue weighted by Crippen LogP contribution is -2.41. The molecule has 1 unspecified atom stereocenters. The first-order valence-electron chi connectivity index (χ1n) is 9.11. The number of guanidine groups is 1. The van der Waals surface area contributed by atoms with E-state index in [1.54, 1.807) is 7.05 Å². The minimum absolute atomic E-state index is 0. The van der Waals surface area contributed by atoms with Gasteiger partial charge in [0.05, 0.1) is 19.8 Å². The van der Waals surface area contributed by atoms with Gasteiger partial charge in [0, 0.05) is 20.1 Å². The van der Waals surface area contributed by atoms with Crippen LogP contribution in [0.5, 0.6) is 0 Å². The standard InChI is InChI=1S/C19H31F3N4O.HI/c1-16(13-27-14-17-8-5-4-6-9-17)12-25-18(23-2)24-10-7-11-26(3)15-19(20,21)22;/h4-6,8-9,16H,7,10-15H2,1-3H3,(H2,23,24,25);1H. The van der Waals surface area contributed by atoms with E-state index in [4.69, 9.17) is 4.74 Å². The summed E-state index contributed by atoms with van der Waals surface area (Å²) in [5.41, 5.74) is 1.14. The largest absolute Gasteiger partial charge is 0.401 e. The molecule has 1 aromatic carbocycles. The summed E-state index contributed by atoms with van der Waals surface area (Å²) in [5.74, 6) is 0.938. The number of rotatable bonds is 11. The van der Waals surface area contributed by atoms with Crippen molar-refractivity contribution in [2.24, 2.45) is 10.9 Å². The molecule has 0 spiro atoms. The molecule has 0 heterocycles. The topological polar surface area (TPSA) is 48.9 Å². The molecule has 1 aromatic rings. The Balaban J connectivity index is 0.00000729. The minimum atomic E-state index is -4.15. The molecule has 162 valence electrons. The van der Waals surface area contributed by atoms with Gasteiger partial charge in [-0.3, -0.25) is 9.89 Å². The molecule has 0 bridgehead atoms. The number of nitrogens with one attached hydrogen (secondary N) is 2. The molecule has 1 atom stereocenters. The number of ether oxygens (including phenoxy) is 1. The maximum atomic E-state index is 12.3. The van der Waals surface area contributed by atoms with Crippen molar-refractivity contribution in [3.8, 4) is 0 Å². The van der Waals surface area contributed by atoms with E-state index in [0.29, 0.717) is 51.1 Å². The lowest BCUT2D eigenvalue weighted by molar-refractivity contribution is -0.143. The summed E-state index contributed by atoms with van der Waals surface area (Å²) in [4.78, 5) is 5.39. The third kappa shape index (κ3) is 14.0. The number of nitrogens with zero attached hydrogens (tertiary/aromatic N) is 2. The Morgan fingerprint density at radius 1 is 1.21 bits per heavy atom. The highest BCUT2D eigenvalue weighted by Crippen LogP contribution is 2.15. The minimum Gasteiger partial charge on any atom is -0.376 e. The molecule has 2 N–H and O–H groups in total. The van der Waals surface area contributed by atoms with Crippen molar-refractivity contribution in [1.82, 2.24) is 15.5 Å². The average molecular weight is 516 g/mol. The quantitative estimate of drug-likeness (QED) is 0.205. The van der Waals surface area contributed by atoms with Crippen LogP contribution in [0.4, 0.5) is 13.2 Å². The van der Waals surface area contributed by atoms with E-state index in [-0.39, 0.29) is 24.0 Å². The Morgan fingerprint density at radius 3 is 2.50 bits per heavy atom. The summed E-state index contributed by atoms with van der Waals surface area (Å²) < 4.78 is 42.5. The van der Waals surface area contributed by atoms with Crippen LogP contribution >= 0.6 is 24.0 Å². The van der Waals surface area contributed by atoms with E-state index >= 15 is 0 Å². The van der Waals surface area contributed by atoms with Gasteiger partial charge in [0.25, 0.3) is 0 Å². The van der Waals surface area contributed by atoms with Crippen molar-refractivity contribution in [2.75, 3.05) is 46.9 Å². The molecule has 0 amide bonds. The molecular weight excluding hydrogens is 484 g/mol. The van der Waals surface area contributed by atoms with Gasteiger partial charge in [0.1, 0.15) is 0 Å². The van der Waals surface area contributed by atoms with Gasteiger partial charge in [-0.15, -0.1) is 24.0 Å². The van der Waals surface area contributed by atoms with Crippen molar-refractivity contribution in [3.05, 3.63) is 35.9 Å². The fraction of sp³-hybridized carbons (Fsp3) is 0.632. The van der Waals surface area contributed by atoms with Crippen molar-refractivity contribution in [1.29, 1.82) is 0 Å².